The zero-order chi connectivity index (χ0) is 6.69. The van der Waals surface area contributed by atoms with Gasteiger partial charge in [0.05, 0.1) is 6.61 Å². The number of ether oxygens (including phenoxy) is 1. The third-order valence-electron chi connectivity index (χ3n) is 1.44. The van der Waals surface area contributed by atoms with Crippen molar-refractivity contribution in [3.8, 4) is 0 Å². The van der Waals surface area contributed by atoms with Crippen LogP contribution in [0.5, 0.6) is 0 Å². The molecule has 1 atom stereocenters. The van der Waals surface area contributed by atoms with Crippen LogP contribution < -0.4 is 5.32 Å². The van der Waals surface area contributed by atoms with Crippen molar-refractivity contribution >= 4 is 6.09 Å². The fourth-order valence-corrected chi connectivity index (χ4v) is 0.763. The van der Waals surface area contributed by atoms with Crippen LogP contribution in [0.3, 0.4) is 0 Å². The van der Waals surface area contributed by atoms with Gasteiger partial charge in [-0.15, -0.1) is 0 Å². The molecular formula is C6H13NO2. The SMILES string of the molecule is CC1CCOC(=O)NC1.[HH]. The molecule has 1 saturated heterocycles. The highest BCUT2D eigenvalue weighted by Crippen LogP contribution is 2.03. The lowest BCUT2D eigenvalue weighted by molar-refractivity contribution is 0.152. The summed E-state index contributed by atoms with van der Waals surface area (Å²) in [4.78, 5) is 10.5. The predicted octanol–water partition coefficient (Wildman–Crippen LogP) is 0.998. The second kappa shape index (κ2) is 2.71. The van der Waals surface area contributed by atoms with E-state index in [0.29, 0.717) is 12.5 Å². The second-order valence-electron chi connectivity index (χ2n) is 2.41. The molecule has 1 aliphatic heterocycles. The lowest BCUT2D eigenvalue weighted by atomic mass is 10.1. The Labute approximate surface area is 55.9 Å². The quantitative estimate of drug-likeness (QED) is 0.532. The van der Waals surface area contributed by atoms with Crippen LogP contribution in [0.15, 0.2) is 0 Å². The van der Waals surface area contributed by atoms with Gasteiger partial charge in [0.2, 0.25) is 0 Å². The van der Waals surface area contributed by atoms with Gasteiger partial charge in [-0.1, -0.05) is 6.92 Å². The molecule has 1 amide bonds. The van der Waals surface area contributed by atoms with Gasteiger partial charge in [0, 0.05) is 7.97 Å². The molecule has 9 heavy (non-hydrogen) atoms. The topological polar surface area (TPSA) is 38.3 Å². The van der Waals surface area contributed by atoms with Crippen LogP contribution in [-0.4, -0.2) is 19.2 Å². The summed E-state index contributed by atoms with van der Waals surface area (Å²) in [5.41, 5.74) is 0. The van der Waals surface area contributed by atoms with Gasteiger partial charge in [0.1, 0.15) is 0 Å². The number of cyclic esters (lactones) is 1. The normalized spacial score (nSPS) is 28.1. The Morgan fingerprint density at radius 3 is 3.44 bits per heavy atom. The molecule has 1 heterocycles. The molecule has 0 spiro atoms. The van der Waals surface area contributed by atoms with Gasteiger partial charge in [-0.25, -0.2) is 4.79 Å². The molecule has 0 bridgehead atoms. The van der Waals surface area contributed by atoms with Gasteiger partial charge in [-0.05, 0) is 12.3 Å². The van der Waals surface area contributed by atoms with Gasteiger partial charge in [0.25, 0.3) is 0 Å². The van der Waals surface area contributed by atoms with Crippen LogP contribution in [0.25, 0.3) is 0 Å². The fraction of sp³-hybridized carbons (Fsp3) is 0.833. The highest BCUT2D eigenvalue weighted by Gasteiger charge is 2.10. The molecule has 54 valence electrons. The Kier molecular flexibility index (Phi) is 1.92. The minimum atomic E-state index is -0.278. The molecule has 0 radical (unpaired) electrons. The summed E-state index contributed by atoms with van der Waals surface area (Å²) in [6.07, 6.45) is 0.693. The average Bonchev–Trinajstić information content (AvgIpc) is 1.97. The first-order chi connectivity index (χ1) is 4.29. The number of alkyl carbamates (subject to hydrolysis) is 1. The highest BCUT2D eigenvalue weighted by atomic mass is 16.5. The molecule has 1 fully saturated rings. The number of rotatable bonds is 0. The van der Waals surface area contributed by atoms with E-state index in [-0.39, 0.29) is 7.52 Å². The molecule has 1 N–H and O–H groups in total. The molecule has 0 saturated carbocycles. The summed E-state index contributed by atoms with van der Waals surface area (Å²) in [5.74, 6) is 0.552. The third-order valence-corrected chi connectivity index (χ3v) is 1.44. The molecule has 3 heteroatoms. The minimum absolute atomic E-state index is 0. The third kappa shape index (κ3) is 1.91. The molecule has 0 aromatic carbocycles. The molecular weight excluding hydrogens is 118 g/mol. The standard InChI is InChI=1S/C6H11NO2.H2/c1-5-2-3-9-6(8)7-4-5;/h5H,2-4H2,1H3,(H,7,8);1H. The first kappa shape index (κ1) is 6.39. The predicted molar refractivity (Wildman–Crippen MR) is 35.2 cm³/mol. The summed E-state index contributed by atoms with van der Waals surface area (Å²) in [5, 5.41) is 2.63. The van der Waals surface area contributed by atoms with E-state index < -0.39 is 0 Å². The monoisotopic (exact) mass is 131 g/mol. The first-order valence-corrected chi connectivity index (χ1v) is 3.19. The summed E-state index contributed by atoms with van der Waals surface area (Å²) in [7, 11) is 0. The molecule has 1 unspecified atom stereocenters. The lowest BCUT2D eigenvalue weighted by Crippen LogP contribution is -2.24. The molecule has 1 aliphatic rings. The number of carbonyl (C=O) groups excluding carboxylic acids is 1. The van der Waals surface area contributed by atoms with E-state index >= 15 is 0 Å². The van der Waals surface area contributed by atoms with Crippen molar-refractivity contribution in [3.63, 3.8) is 0 Å². The van der Waals surface area contributed by atoms with E-state index in [1.165, 1.54) is 0 Å². The summed E-state index contributed by atoms with van der Waals surface area (Å²) < 4.78 is 4.72. The number of nitrogens with one attached hydrogen (secondary N) is 1. The molecule has 0 aromatic heterocycles. The maximum absolute atomic E-state index is 10.5. The van der Waals surface area contributed by atoms with Gasteiger partial charge in [0.15, 0.2) is 0 Å². The Morgan fingerprint density at radius 1 is 1.89 bits per heavy atom. The maximum Gasteiger partial charge on any atom is 0.407 e. The summed E-state index contributed by atoms with van der Waals surface area (Å²) >= 11 is 0. The van der Waals surface area contributed by atoms with Crippen molar-refractivity contribution in [2.75, 3.05) is 13.2 Å². The van der Waals surface area contributed by atoms with E-state index in [9.17, 15) is 4.79 Å². The summed E-state index contributed by atoms with van der Waals surface area (Å²) in [6, 6.07) is 0. The van der Waals surface area contributed by atoms with E-state index in [0.717, 1.165) is 13.0 Å². The van der Waals surface area contributed by atoms with Gasteiger partial charge >= 0.3 is 6.09 Å². The fourth-order valence-electron chi connectivity index (χ4n) is 0.763. The zero-order valence-corrected chi connectivity index (χ0v) is 5.52. The van der Waals surface area contributed by atoms with Crippen LogP contribution in [0.4, 0.5) is 4.79 Å². The van der Waals surface area contributed by atoms with Crippen LogP contribution in [-0.2, 0) is 4.74 Å². The van der Waals surface area contributed by atoms with Crippen LogP contribution in [0.2, 0.25) is 0 Å². The number of hydrogen-bond acceptors (Lipinski definition) is 2. The molecule has 1 rings (SSSR count). The van der Waals surface area contributed by atoms with Crippen molar-refractivity contribution in [2.24, 2.45) is 5.92 Å². The Hall–Kier alpha value is -0.730. The highest BCUT2D eigenvalue weighted by molar-refractivity contribution is 5.67. The van der Waals surface area contributed by atoms with Crippen molar-refractivity contribution < 1.29 is 11.0 Å². The number of hydrogen-bond donors (Lipinski definition) is 1. The number of amides is 1. The van der Waals surface area contributed by atoms with Crippen molar-refractivity contribution in [2.45, 2.75) is 13.3 Å². The van der Waals surface area contributed by atoms with Gasteiger partial charge in [-0.2, -0.15) is 0 Å². The van der Waals surface area contributed by atoms with E-state index in [4.69, 9.17) is 4.74 Å². The van der Waals surface area contributed by atoms with Crippen molar-refractivity contribution in [1.82, 2.24) is 5.32 Å². The Bertz CT molecular complexity index is 118. The first-order valence-electron chi connectivity index (χ1n) is 3.19. The summed E-state index contributed by atoms with van der Waals surface area (Å²) in [6.45, 7) is 3.40. The maximum atomic E-state index is 10.5. The number of carbonyl (C=O) groups is 1. The largest absolute Gasteiger partial charge is 0.450 e. The van der Waals surface area contributed by atoms with Gasteiger partial charge < -0.3 is 10.1 Å². The minimum Gasteiger partial charge on any atom is -0.450 e. The van der Waals surface area contributed by atoms with Crippen LogP contribution in [0.1, 0.15) is 14.8 Å². The van der Waals surface area contributed by atoms with E-state index in [2.05, 4.69) is 12.2 Å². The lowest BCUT2D eigenvalue weighted by Gasteiger charge is -2.01. The molecule has 0 aliphatic carbocycles. The Balaban J connectivity index is 0.000000810. The van der Waals surface area contributed by atoms with Crippen LogP contribution >= 0.6 is 0 Å². The van der Waals surface area contributed by atoms with E-state index in [1.807, 2.05) is 0 Å². The smallest absolute Gasteiger partial charge is 0.407 e. The zero-order valence-electron chi connectivity index (χ0n) is 5.52. The molecule has 0 aromatic rings. The van der Waals surface area contributed by atoms with Crippen LogP contribution in [0, 0.1) is 5.92 Å². The Morgan fingerprint density at radius 2 is 2.67 bits per heavy atom. The second-order valence-corrected chi connectivity index (χ2v) is 2.41. The molecule has 3 nitrogen and oxygen atoms in total. The van der Waals surface area contributed by atoms with E-state index in [1.54, 1.807) is 0 Å². The van der Waals surface area contributed by atoms with Gasteiger partial charge in [-0.3, -0.25) is 0 Å². The van der Waals surface area contributed by atoms with Crippen molar-refractivity contribution in [1.29, 1.82) is 0 Å². The van der Waals surface area contributed by atoms with Crippen molar-refractivity contribution in [3.05, 3.63) is 0 Å². The average molecular weight is 131 g/mol.